The van der Waals surface area contributed by atoms with Crippen LogP contribution in [0.25, 0.3) is 0 Å². The van der Waals surface area contributed by atoms with Crippen molar-refractivity contribution in [3.8, 4) is 0 Å². The second-order valence-electron chi connectivity index (χ2n) is 5.45. The molecule has 2 fully saturated rings. The molecule has 18 heavy (non-hydrogen) atoms. The first-order chi connectivity index (χ1) is 8.78. The Labute approximate surface area is 108 Å². The van der Waals surface area contributed by atoms with Crippen LogP contribution in [0, 0.1) is 11.8 Å². The van der Waals surface area contributed by atoms with E-state index in [4.69, 9.17) is 4.74 Å². The number of hydrogen-bond acceptors (Lipinski definition) is 3. The molecule has 2 bridgehead atoms. The zero-order valence-corrected chi connectivity index (χ0v) is 10.7. The number of fused-ring (bicyclic) bond motifs is 2. The molecule has 0 unspecified atom stereocenters. The average molecular weight is 245 g/mol. The molecule has 0 N–H and O–H groups in total. The summed E-state index contributed by atoms with van der Waals surface area (Å²) in [6.07, 6.45) is 2.18. The first-order valence-electron chi connectivity index (χ1n) is 6.63. The summed E-state index contributed by atoms with van der Waals surface area (Å²) in [6.45, 7) is 2.09. The number of carbonyl (C=O) groups excluding carboxylic acids is 1. The zero-order valence-electron chi connectivity index (χ0n) is 10.7. The Morgan fingerprint density at radius 1 is 1.33 bits per heavy atom. The largest absolute Gasteiger partial charge is 0.469 e. The number of carbonyl (C=O) groups is 1. The van der Waals surface area contributed by atoms with Gasteiger partial charge in [-0.2, -0.15) is 0 Å². The summed E-state index contributed by atoms with van der Waals surface area (Å²) < 4.78 is 4.92. The predicted octanol–water partition coefficient (Wildman–Crippen LogP) is 2.07. The van der Waals surface area contributed by atoms with Gasteiger partial charge in [0.1, 0.15) is 0 Å². The van der Waals surface area contributed by atoms with Gasteiger partial charge in [-0.1, -0.05) is 30.3 Å². The van der Waals surface area contributed by atoms with Crippen molar-refractivity contribution >= 4 is 5.97 Å². The van der Waals surface area contributed by atoms with E-state index in [-0.39, 0.29) is 11.9 Å². The van der Waals surface area contributed by atoms with E-state index in [0.717, 1.165) is 25.9 Å². The summed E-state index contributed by atoms with van der Waals surface area (Å²) in [4.78, 5) is 14.2. The normalized spacial score (nSPS) is 30.6. The van der Waals surface area contributed by atoms with Gasteiger partial charge < -0.3 is 4.74 Å². The molecule has 3 atom stereocenters. The van der Waals surface area contributed by atoms with Crippen LogP contribution in [0.1, 0.15) is 18.4 Å². The number of methoxy groups -OCH3 is 1. The molecule has 3 nitrogen and oxygen atoms in total. The van der Waals surface area contributed by atoms with Gasteiger partial charge in [-0.25, -0.2) is 0 Å². The number of likely N-dealkylation sites (tertiary alicyclic amines) is 1. The molecule has 96 valence electrons. The molecule has 0 radical (unpaired) electrons. The Kier molecular flexibility index (Phi) is 3.08. The molecule has 1 heterocycles. The fourth-order valence-corrected chi connectivity index (χ4v) is 3.54. The van der Waals surface area contributed by atoms with Crippen LogP contribution in [0.3, 0.4) is 0 Å². The highest BCUT2D eigenvalue weighted by Crippen LogP contribution is 2.42. The highest BCUT2D eigenvalue weighted by molar-refractivity contribution is 5.73. The smallest absolute Gasteiger partial charge is 0.310 e. The average Bonchev–Trinajstić information content (AvgIpc) is 2.98. The Hall–Kier alpha value is -1.35. The van der Waals surface area contributed by atoms with Crippen LogP contribution >= 0.6 is 0 Å². The molecule has 3 rings (SSSR count). The molecule has 1 aromatic rings. The van der Waals surface area contributed by atoms with Gasteiger partial charge in [0.25, 0.3) is 0 Å². The van der Waals surface area contributed by atoms with E-state index in [0.29, 0.717) is 12.0 Å². The molecule has 2 aliphatic rings. The minimum atomic E-state index is -0.0275. The van der Waals surface area contributed by atoms with E-state index in [9.17, 15) is 4.79 Å². The maximum absolute atomic E-state index is 11.8. The van der Waals surface area contributed by atoms with Crippen LogP contribution < -0.4 is 0 Å². The van der Waals surface area contributed by atoms with Gasteiger partial charge in [0.05, 0.1) is 13.0 Å². The highest BCUT2D eigenvalue weighted by atomic mass is 16.5. The van der Waals surface area contributed by atoms with Crippen LogP contribution in [0.2, 0.25) is 0 Å². The lowest BCUT2D eigenvalue weighted by atomic mass is 9.98. The van der Waals surface area contributed by atoms with Crippen LogP contribution in [0.4, 0.5) is 0 Å². The standard InChI is InChI=1S/C15H19NO2/c1-18-15(17)13-7-12-8-14(13)16(10-12)9-11-5-3-2-4-6-11/h2-6,12-14H,7-10H2,1H3/t12-,13+,14+/m1/s1. The van der Waals surface area contributed by atoms with Crippen molar-refractivity contribution in [3.05, 3.63) is 35.9 Å². The lowest BCUT2D eigenvalue weighted by molar-refractivity contribution is -0.148. The Morgan fingerprint density at radius 3 is 2.78 bits per heavy atom. The second-order valence-corrected chi connectivity index (χ2v) is 5.45. The van der Waals surface area contributed by atoms with Crippen LogP contribution in [0.5, 0.6) is 0 Å². The van der Waals surface area contributed by atoms with E-state index in [2.05, 4.69) is 29.2 Å². The van der Waals surface area contributed by atoms with Crippen LogP contribution in [0.15, 0.2) is 30.3 Å². The molecule has 3 heteroatoms. The van der Waals surface area contributed by atoms with Crippen molar-refractivity contribution in [2.45, 2.75) is 25.4 Å². The summed E-state index contributed by atoms with van der Waals surface area (Å²) in [5.74, 6) is 0.750. The van der Waals surface area contributed by atoms with Crippen molar-refractivity contribution in [1.29, 1.82) is 0 Å². The number of hydrogen-bond donors (Lipinski definition) is 0. The fraction of sp³-hybridized carbons (Fsp3) is 0.533. The summed E-state index contributed by atoms with van der Waals surface area (Å²) in [6, 6.07) is 10.9. The van der Waals surface area contributed by atoms with E-state index in [1.807, 2.05) is 6.07 Å². The molecule has 0 aromatic heterocycles. The predicted molar refractivity (Wildman–Crippen MR) is 68.9 cm³/mol. The second kappa shape index (κ2) is 4.73. The SMILES string of the molecule is COC(=O)[C@H]1C[C@@H]2C[C@@H]1N(Cc1ccccc1)C2. The molecule has 1 aliphatic carbocycles. The molecule has 1 saturated heterocycles. The van der Waals surface area contributed by atoms with E-state index in [1.165, 1.54) is 12.7 Å². The summed E-state index contributed by atoms with van der Waals surface area (Å²) in [5, 5.41) is 0. The van der Waals surface area contributed by atoms with E-state index >= 15 is 0 Å². The van der Waals surface area contributed by atoms with Crippen LogP contribution in [-0.2, 0) is 16.1 Å². The minimum Gasteiger partial charge on any atom is -0.469 e. The third-order valence-corrected chi connectivity index (χ3v) is 4.32. The van der Waals surface area contributed by atoms with Gasteiger partial charge in [0.2, 0.25) is 0 Å². The lowest BCUT2D eigenvalue weighted by Gasteiger charge is -2.31. The van der Waals surface area contributed by atoms with Gasteiger partial charge in [-0.15, -0.1) is 0 Å². The lowest BCUT2D eigenvalue weighted by Crippen LogP contribution is -2.41. The van der Waals surface area contributed by atoms with E-state index < -0.39 is 0 Å². The van der Waals surface area contributed by atoms with Crippen LogP contribution in [-0.4, -0.2) is 30.6 Å². The molecular weight excluding hydrogens is 226 g/mol. The maximum atomic E-state index is 11.8. The number of piperidine rings is 1. The van der Waals surface area contributed by atoms with Gasteiger partial charge >= 0.3 is 5.97 Å². The van der Waals surface area contributed by atoms with Crippen molar-refractivity contribution in [1.82, 2.24) is 4.90 Å². The summed E-state index contributed by atoms with van der Waals surface area (Å²) in [5.41, 5.74) is 1.33. The maximum Gasteiger partial charge on any atom is 0.310 e. The van der Waals surface area contributed by atoms with Gasteiger partial charge in [0, 0.05) is 19.1 Å². The first-order valence-corrected chi connectivity index (χ1v) is 6.63. The van der Waals surface area contributed by atoms with Gasteiger partial charge in [-0.3, -0.25) is 9.69 Å². The number of ether oxygens (including phenoxy) is 1. The number of nitrogens with zero attached hydrogens (tertiary/aromatic N) is 1. The van der Waals surface area contributed by atoms with Gasteiger partial charge in [-0.05, 0) is 24.3 Å². The topological polar surface area (TPSA) is 29.5 Å². The zero-order chi connectivity index (χ0) is 12.5. The third kappa shape index (κ3) is 2.03. The number of rotatable bonds is 3. The Morgan fingerprint density at radius 2 is 2.11 bits per heavy atom. The third-order valence-electron chi connectivity index (χ3n) is 4.32. The first kappa shape index (κ1) is 11.7. The Bertz CT molecular complexity index is 431. The fourth-order valence-electron chi connectivity index (χ4n) is 3.54. The summed E-state index contributed by atoms with van der Waals surface area (Å²) in [7, 11) is 1.50. The molecule has 1 saturated carbocycles. The van der Waals surface area contributed by atoms with Crippen molar-refractivity contribution in [2.24, 2.45) is 11.8 Å². The Balaban J connectivity index is 1.70. The monoisotopic (exact) mass is 245 g/mol. The number of esters is 1. The van der Waals surface area contributed by atoms with Crippen molar-refractivity contribution in [2.75, 3.05) is 13.7 Å². The minimum absolute atomic E-state index is 0.0275. The highest BCUT2D eigenvalue weighted by Gasteiger charge is 2.48. The molecule has 1 aliphatic heterocycles. The van der Waals surface area contributed by atoms with Crippen molar-refractivity contribution in [3.63, 3.8) is 0 Å². The molecule has 1 aromatic carbocycles. The molecule has 0 amide bonds. The molecular formula is C15H19NO2. The van der Waals surface area contributed by atoms with Crippen molar-refractivity contribution < 1.29 is 9.53 Å². The number of benzene rings is 1. The molecule has 0 spiro atoms. The quantitative estimate of drug-likeness (QED) is 0.763. The summed E-state index contributed by atoms with van der Waals surface area (Å²) >= 11 is 0. The van der Waals surface area contributed by atoms with Gasteiger partial charge in [0.15, 0.2) is 0 Å². The van der Waals surface area contributed by atoms with E-state index in [1.54, 1.807) is 0 Å².